The number of carbonyl (C=O) groups excluding carboxylic acids is 2. The Balaban J connectivity index is 2.36. The second kappa shape index (κ2) is 9.53. The van der Waals surface area contributed by atoms with Crippen molar-refractivity contribution in [3.63, 3.8) is 0 Å². The number of carbonyl (C=O) groups is 3. The van der Waals surface area contributed by atoms with E-state index in [9.17, 15) is 24.6 Å². The molecule has 0 unspecified atom stereocenters. The third-order valence-electron chi connectivity index (χ3n) is 4.26. The van der Waals surface area contributed by atoms with Gasteiger partial charge in [0.05, 0.1) is 12.2 Å². The Labute approximate surface area is 166 Å². The lowest BCUT2D eigenvalue weighted by molar-refractivity contribution is -0.169. The smallest absolute Gasteiger partial charge is 0.336 e. The number of hydrogen-bond acceptors (Lipinski definition) is 10. The first-order valence-electron chi connectivity index (χ1n) is 8.72. The summed E-state index contributed by atoms with van der Waals surface area (Å²) in [5, 5.41) is 18.9. The summed E-state index contributed by atoms with van der Waals surface area (Å²) < 4.78 is 16.3. The normalized spacial score (nSPS) is 28.1. The molecule has 158 valence electrons. The second-order valence-corrected chi connectivity index (χ2v) is 6.48. The van der Waals surface area contributed by atoms with Crippen LogP contribution in [-0.2, 0) is 28.6 Å². The van der Waals surface area contributed by atoms with E-state index in [1.807, 2.05) is 5.92 Å². The average Bonchev–Trinajstić information content (AvgIpc) is 3.04. The largest absolute Gasteiger partial charge is 0.478 e. The van der Waals surface area contributed by atoms with Crippen LogP contribution in [0.3, 0.4) is 0 Å². The molecule has 2 aliphatic heterocycles. The van der Waals surface area contributed by atoms with E-state index in [1.54, 1.807) is 6.08 Å². The van der Waals surface area contributed by atoms with Gasteiger partial charge >= 0.3 is 17.9 Å². The Kier molecular flexibility index (Phi) is 7.35. The minimum atomic E-state index is -1.37. The molecule has 11 nitrogen and oxygen atoms in total. The first kappa shape index (κ1) is 22.4. The van der Waals surface area contributed by atoms with Crippen LogP contribution in [0, 0.1) is 12.3 Å². The Morgan fingerprint density at radius 2 is 2.00 bits per heavy atom. The van der Waals surface area contributed by atoms with Gasteiger partial charge in [-0.1, -0.05) is 12.0 Å². The van der Waals surface area contributed by atoms with E-state index in [1.165, 1.54) is 24.2 Å². The number of rotatable bonds is 7. The zero-order valence-electron chi connectivity index (χ0n) is 15.6. The van der Waals surface area contributed by atoms with Crippen LogP contribution in [0.25, 0.3) is 0 Å². The number of aliphatic hydroxyl groups excluding tert-OH is 1. The third-order valence-corrected chi connectivity index (χ3v) is 4.26. The summed E-state index contributed by atoms with van der Waals surface area (Å²) in [6, 6.07) is -2.36. The third kappa shape index (κ3) is 5.12. The molecule has 1 fully saturated rings. The standard InChI is InChI=1S/C18H23N3O8/c1-3-11(20)18(26)28-13-12(8-22)27-15(14(13)29-17(25)9(2)19)21-6-4-5-10(7-21)16(23)24/h1,4,6-7,9,11-15,22H,5,8,19-20H2,2H3,(H,23,24)/t9-,11-,12+,13+,14+,15+/m0/s1. The van der Waals surface area contributed by atoms with Gasteiger partial charge in [-0.3, -0.25) is 4.79 Å². The van der Waals surface area contributed by atoms with E-state index in [0.29, 0.717) is 0 Å². The van der Waals surface area contributed by atoms with E-state index >= 15 is 0 Å². The molecule has 2 aliphatic rings. The minimum Gasteiger partial charge on any atom is -0.478 e. The Bertz CT molecular complexity index is 757. The summed E-state index contributed by atoms with van der Waals surface area (Å²) in [7, 11) is 0. The highest BCUT2D eigenvalue weighted by molar-refractivity contribution is 5.87. The molecule has 0 aromatic heterocycles. The highest BCUT2D eigenvalue weighted by Gasteiger charge is 2.51. The highest BCUT2D eigenvalue weighted by Crippen LogP contribution is 2.31. The lowest BCUT2D eigenvalue weighted by atomic mass is 10.1. The van der Waals surface area contributed by atoms with Gasteiger partial charge in [-0.2, -0.15) is 0 Å². The van der Waals surface area contributed by atoms with E-state index in [-0.39, 0.29) is 12.0 Å². The van der Waals surface area contributed by atoms with E-state index < -0.39 is 61.1 Å². The van der Waals surface area contributed by atoms with Crippen molar-refractivity contribution in [3.05, 3.63) is 24.0 Å². The zero-order valence-corrected chi connectivity index (χ0v) is 15.6. The average molecular weight is 409 g/mol. The SMILES string of the molecule is C#C[C@H](N)C(=O)O[C@H]1[C@@H](OC(=O)[C@H](C)N)[C@H](N2C=CCC(C(=O)O)=C2)O[C@@H]1CO. The summed E-state index contributed by atoms with van der Waals surface area (Å²) >= 11 is 0. The summed E-state index contributed by atoms with van der Waals surface area (Å²) in [4.78, 5) is 36.8. The lowest BCUT2D eigenvalue weighted by Crippen LogP contribution is -2.48. The fraction of sp³-hybridized carbons (Fsp3) is 0.500. The number of ether oxygens (including phenoxy) is 3. The highest BCUT2D eigenvalue weighted by atomic mass is 16.6. The minimum absolute atomic E-state index is 0.0590. The van der Waals surface area contributed by atoms with Crippen LogP contribution >= 0.6 is 0 Å². The number of terminal acetylenes is 1. The maximum Gasteiger partial charge on any atom is 0.336 e. The molecule has 29 heavy (non-hydrogen) atoms. The Morgan fingerprint density at radius 3 is 2.55 bits per heavy atom. The fourth-order valence-electron chi connectivity index (χ4n) is 2.76. The molecule has 0 radical (unpaired) electrons. The van der Waals surface area contributed by atoms with Gasteiger partial charge in [-0.25, -0.2) is 9.59 Å². The van der Waals surface area contributed by atoms with Crippen LogP contribution in [0.15, 0.2) is 24.0 Å². The van der Waals surface area contributed by atoms with Crippen LogP contribution in [0.1, 0.15) is 13.3 Å². The van der Waals surface area contributed by atoms with E-state index in [4.69, 9.17) is 32.1 Å². The van der Waals surface area contributed by atoms with Gasteiger partial charge in [-0.05, 0) is 6.92 Å². The van der Waals surface area contributed by atoms with Gasteiger partial charge in [0.1, 0.15) is 12.1 Å². The molecule has 1 saturated heterocycles. The molecule has 0 aliphatic carbocycles. The van der Waals surface area contributed by atoms with Crippen molar-refractivity contribution in [1.29, 1.82) is 0 Å². The van der Waals surface area contributed by atoms with E-state index in [0.717, 1.165) is 0 Å². The number of esters is 2. The first-order chi connectivity index (χ1) is 13.7. The topological polar surface area (TPSA) is 175 Å². The number of aliphatic hydroxyl groups is 1. The summed E-state index contributed by atoms with van der Waals surface area (Å²) in [6.45, 7) is 0.814. The van der Waals surface area contributed by atoms with Crippen LogP contribution in [-0.4, -0.2) is 76.3 Å². The van der Waals surface area contributed by atoms with Gasteiger partial charge in [-0.15, -0.1) is 6.42 Å². The van der Waals surface area contributed by atoms with Crippen molar-refractivity contribution in [2.75, 3.05) is 6.61 Å². The molecule has 0 bridgehead atoms. The predicted molar refractivity (Wildman–Crippen MR) is 97.3 cm³/mol. The summed E-state index contributed by atoms with van der Waals surface area (Å²) in [5.41, 5.74) is 11.1. The second-order valence-electron chi connectivity index (χ2n) is 6.48. The lowest BCUT2D eigenvalue weighted by Gasteiger charge is -2.31. The van der Waals surface area contributed by atoms with Crippen molar-refractivity contribution >= 4 is 17.9 Å². The van der Waals surface area contributed by atoms with Crippen LogP contribution < -0.4 is 11.5 Å². The number of aliphatic carboxylic acids is 1. The summed E-state index contributed by atoms with van der Waals surface area (Å²) in [6.07, 6.45) is 5.01. The van der Waals surface area contributed by atoms with Crippen molar-refractivity contribution in [3.8, 4) is 12.3 Å². The monoisotopic (exact) mass is 409 g/mol. The Hall–Kier alpha value is -2.91. The molecular weight excluding hydrogens is 386 g/mol. The van der Waals surface area contributed by atoms with E-state index in [2.05, 4.69) is 0 Å². The molecule has 11 heteroatoms. The van der Waals surface area contributed by atoms with Gasteiger partial charge in [0, 0.05) is 18.8 Å². The molecule has 2 rings (SSSR count). The van der Waals surface area contributed by atoms with Crippen molar-refractivity contribution in [2.24, 2.45) is 11.5 Å². The molecule has 0 amide bonds. The van der Waals surface area contributed by atoms with Gasteiger partial charge in [0.25, 0.3) is 0 Å². The zero-order chi connectivity index (χ0) is 21.7. The molecule has 0 aromatic rings. The molecule has 0 saturated carbocycles. The molecule has 0 spiro atoms. The number of nitrogens with two attached hydrogens (primary N) is 2. The maximum atomic E-state index is 12.1. The molecule has 6 atom stereocenters. The van der Waals surface area contributed by atoms with Crippen LogP contribution in [0.5, 0.6) is 0 Å². The quantitative estimate of drug-likeness (QED) is 0.271. The van der Waals surface area contributed by atoms with Gasteiger partial charge < -0.3 is 40.8 Å². The number of carboxylic acid groups (broad SMARTS) is 1. The van der Waals surface area contributed by atoms with Gasteiger partial charge in [0.15, 0.2) is 24.5 Å². The molecule has 0 aromatic carbocycles. The van der Waals surface area contributed by atoms with Crippen molar-refractivity contribution in [2.45, 2.75) is 50.0 Å². The predicted octanol–water partition coefficient (Wildman–Crippen LogP) is -1.98. The van der Waals surface area contributed by atoms with Crippen molar-refractivity contribution < 1.29 is 38.8 Å². The number of allylic oxidation sites excluding steroid dienone is 1. The number of hydrogen-bond donors (Lipinski definition) is 4. The first-order valence-corrected chi connectivity index (χ1v) is 8.72. The summed E-state index contributed by atoms with van der Waals surface area (Å²) in [5.74, 6) is -0.908. The Morgan fingerprint density at radius 1 is 1.34 bits per heavy atom. The molecular formula is C18H23N3O8. The number of nitrogens with zero attached hydrogens (tertiary/aromatic N) is 1. The number of carboxylic acids is 1. The van der Waals surface area contributed by atoms with Crippen molar-refractivity contribution in [1.82, 2.24) is 4.90 Å². The molecule has 6 N–H and O–H groups in total. The molecule has 2 heterocycles. The maximum absolute atomic E-state index is 12.1. The fourth-order valence-corrected chi connectivity index (χ4v) is 2.76. The van der Waals surface area contributed by atoms with Crippen LogP contribution in [0.2, 0.25) is 0 Å². The van der Waals surface area contributed by atoms with Gasteiger partial charge in [0.2, 0.25) is 0 Å². The van der Waals surface area contributed by atoms with Crippen LogP contribution in [0.4, 0.5) is 0 Å².